The summed E-state index contributed by atoms with van der Waals surface area (Å²) < 4.78 is 4.63. The summed E-state index contributed by atoms with van der Waals surface area (Å²) in [6.07, 6.45) is 1.82. The summed E-state index contributed by atoms with van der Waals surface area (Å²) in [4.78, 5) is 22.5. The predicted molar refractivity (Wildman–Crippen MR) is 38.1 cm³/mol. The van der Waals surface area contributed by atoms with Crippen molar-refractivity contribution in [2.24, 2.45) is 0 Å². The molecule has 0 N–H and O–H groups in total. The fourth-order valence-electron chi connectivity index (χ4n) is 0.927. The lowest BCUT2D eigenvalue weighted by atomic mass is 10.3. The molecule has 0 radical (unpaired) electrons. The minimum Gasteiger partial charge on any atom is -0.447 e. The first-order valence-corrected chi connectivity index (χ1v) is 3.29. The molecule has 1 heterocycles. The fraction of sp³-hybridized carbons (Fsp3) is 0.429. The Morgan fingerprint density at radius 3 is 3.09 bits per heavy atom. The molecule has 0 aromatic rings. The van der Waals surface area contributed by atoms with Crippen molar-refractivity contribution in [1.29, 1.82) is 0 Å². The van der Waals surface area contributed by atoms with Gasteiger partial charge in [-0.25, -0.2) is 4.79 Å². The molecule has 1 fully saturated rings. The minimum absolute atomic E-state index is 0.163. The van der Waals surface area contributed by atoms with Crippen molar-refractivity contribution < 1.29 is 14.3 Å². The summed E-state index contributed by atoms with van der Waals surface area (Å²) in [7, 11) is 0. The first kappa shape index (κ1) is 7.78. The molecule has 0 spiro atoms. The quantitative estimate of drug-likeness (QED) is 0.432. The van der Waals surface area contributed by atoms with Gasteiger partial charge in [-0.05, 0) is 0 Å². The molecule has 0 bridgehead atoms. The van der Waals surface area contributed by atoms with Crippen LogP contribution in [0.3, 0.4) is 0 Å². The summed E-state index contributed by atoms with van der Waals surface area (Å²) in [5, 5.41) is 0. The topological polar surface area (TPSA) is 46.6 Å². The lowest BCUT2D eigenvalue weighted by molar-refractivity contribution is -0.110. The van der Waals surface area contributed by atoms with E-state index < -0.39 is 12.1 Å². The summed E-state index contributed by atoms with van der Waals surface area (Å²) in [5.41, 5.74) is 0. The van der Waals surface area contributed by atoms with Crippen molar-refractivity contribution in [2.45, 2.75) is 6.04 Å². The van der Waals surface area contributed by atoms with Gasteiger partial charge in [0.2, 0.25) is 0 Å². The Morgan fingerprint density at radius 1 is 1.82 bits per heavy atom. The van der Waals surface area contributed by atoms with E-state index in [1.165, 1.54) is 4.90 Å². The van der Waals surface area contributed by atoms with Crippen LogP contribution in [-0.2, 0) is 9.53 Å². The predicted octanol–water partition coefficient (Wildman–Crippen LogP) is 0.192. The highest BCUT2D eigenvalue weighted by molar-refractivity contribution is 5.76. The maximum atomic E-state index is 10.8. The van der Waals surface area contributed by atoms with E-state index in [0.717, 1.165) is 0 Å². The second-order valence-electron chi connectivity index (χ2n) is 2.22. The molecule has 1 amide bonds. The molecule has 1 aliphatic rings. The number of carbonyl (C=O) groups is 2. The highest BCUT2D eigenvalue weighted by atomic mass is 16.6. The van der Waals surface area contributed by atoms with Crippen molar-refractivity contribution in [3.8, 4) is 0 Å². The minimum atomic E-state index is -0.443. The van der Waals surface area contributed by atoms with Gasteiger partial charge in [0, 0.05) is 6.54 Å². The number of aldehydes is 1. The lowest BCUT2D eigenvalue weighted by Crippen LogP contribution is -2.34. The van der Waals surface area contributed by atoms with E-state index in [1.54, 1.807) is 6.08 Å². The molecule has 1 rings (SSSR count). The van der Waals surface area contributed by atoms with Crippen LogP contribution in [0.2, 0.25) is 0 Å². The molecule has 1 aliphatic heterocycles. The van der Waals surface area contributed by atoms with Gasteiger partial charge >= 0.3 is 6.09 Å². The molecule has 0 aromatic heterocycles. The number of carbonyl (C=O) groups excluding carboxylic acids is 2. The smallest absolute Gasteiger partial charge is 0.410 e. The van der Waals surface area contributed by atoms with E-state index in [9.17, 15) is 9.59 Å². The Balaban J connectivity index is 2.62. The number of cyclic esters (lactones) is 1. The SMILES string of the molecule is C=CCN1C(=O)OC[C@H]1C=O. The van der Waals surface area contributed by atoms with Crippen LogP contribution in [-0.4, -0.2) is 36.5 Å². The maximum absolute atomic E-state index is 10.8. The first-order valence-electron chi connectivity index (χ1n) is 3.29. The Labute approximate surface area is 64.4 Å². The molecule has 0 aromatic carbocycles. The van der Waals surface area contributed by atoms with Crippen molar-refractivity contribution >= 4 is 12.4 Å². The van der Waals surface area contributed by atoms with E-state index in [1.807, 2.05) is 0 Å². The zero-order valence-corrected chi connectivity index (χ0v) is 6.03. The molecule has 1 saturated heterocycles. The highest BCUT2D eigenvalue weighted by Crippen LogP contribution is 2.09. The number of ether oxygens (including phenoxy) is 1. The number of amides is 1. The molecule has 0 unspecified atom stereocenters. The van der Waals surface area contributed by atoms with Crippen LogP contribution >= 0.6 is 0 Å². The van der Waals surface area contributed by atoms with Crippen LogP contribution in [0, 0.1) is 0 Å². The molecular formula is C7H9NO3. The third kappa shape index (κ3) is 1.39. The van der Waals surface area contributed by atoms with E-state index in [2.05, 4.69) is 11.3 Å². The average Bonchev–Trinajstić information content (AvgIpc) is 2.34. The van der Waals surface area contributed by atoms with Gasteiger partial charge in [0.05, 0.1) is 0 Å². The summed E-state index contributed by atoms with van der Waals surface area (Å²) in [5.74, 6) is 0. The van der Waals surface area contributed by atoms with Crippen LogP contribution in [0.1, 0.15) is 0 Å². The molecule has 1 atom stereocenters. The highest BCUT2D eigenvalue weighted by Gasteiger charge is 2.31. The Kier molecular flexibility index (Phi) is 2.25. The van der Waals surface area contributed by atoms with Crippen LogP contribution in [0.25, 0.3) is 0 Å². The van der Waals surface area contributed by atoms with Gasteiger partial charge in [-0.15, -0.1) is 6.58 Å². The number of rotatable bonds is 3. The van der Waals surface area contributed by atoms with Gasteiger partial charge in [0.15, 0.2) is 0 Å². The molecule has 60 valence electrons. The standard InChI is InChI=1S/C7H9NO3/c1-2-3-8-6(4-9)5-11-7(8)10/h2,4,6H,1,3,5H2/t6-/m1/s1. The third-order valence-electron chi connectivity index (χ3n) is 1.50. The maximum Gasteiger partial charge on any atom is 0.410 e. The van der Waals surface area contributed by atoms with E-state index in [0.29, 0.717) is 12.8 Å². The van der Waals surface area contributed by atoms with Crippen molar-refractivity contribution in [1.82, 2.24) is 4.90 Å². The van der Waals surface area contributed by atoms with E-state index in [-0.39, 0.29) is 6.61 Å². The molecule has 4 nitrogen and oxygen atoms in total. The Hall–Kier alpha value is -1.32. The van der Waals surface area contributed by atoms with Gasteiger partial charge in [0.1, 0.15) is 18.9 Å². The van der Waals surface area contributed by atoms with Crippen molar-refractivity contribution in [2.75, 3.05) is 13.2 Å². The lowest BCUT2D eigenvalue weighted by Gasteiger charge is -2.13. The monoisotopic (exact) mass is 155 g/mol. The van der Waals surface area contributed by atoms with Gasteiger partial charge in [-0.2, -0.15) is 0 Å². The van der Waals surface area contributed by atoms with Crippen LogP contribution < -0.4 is 0 Å². The number of nitrogens with zero attached hydrogens (tertiary/aromatic N) is 1. The second-order valence-corrected chi connectivity index (χ2v) is 2.22. The van der Waals surface area contributed by atoms with E-state index >= 15 is 0 Å². The molecule has 4 heteroatoms. The summed E-state index contributed by atoms with van der Waals surface area (Å²) in [6, 6.07) is -0.430. The van der Waals surface area contributed by atoms with Crippen molar-refractivity contribution in [3.63, 3.8) is 0 Å². The molecule has 0 saturated carbocycles. The number of hydrogen-bond donors (Lipinski definition) is 0. The molecule has 0 aliphatic carbocycles. The summed E-state index contributed by atoms with van der Waals surface area (Å²) >= 11 is 0. The number of hydrogen-bond acceptors (Lipinski definition) is 3. The third-order valence-corrected chi connectivity index (χ3v) is 1.50. The molecular weight excluding hydrogens is 146 g/mol. The van der Waals surface area contributed by atoms with Crippen molar-refractivity contribution in [3.05, 3.63) is 12.7 Å². The van der Waals surface area contributed by atoms with Crippen LogP contribution in [0.15, 0.2) is 12.7 Å². The summed E-state index contributed by atoms with van der Waals surface area (Å²) in [6.45, 7) is 3.99. The first-order chi connectivity index (χ1) is 5.29. The second kappa shape index (κ2) is 3.18. The zero-order chi connectivity index (χ0) is 8.27. The Morgan fingerprint density at radius 2 is 2.55 bits per heavy atom. The Bertz CT molecular complexity index is 190. The largest absolute Gasteiger partial charge is 0.447 e. The fourth-order valence-corrected chi connectivity index (χ4v) is 0.927. The van der Waals surface area contributed by atoms with Gasteiger partial charge < -0.3 is 9.53 Å². The normalized spacial score (nSPS) is 23.1. The van der Waals surface area contributed by atoms with Gasteiger partial charge in [-0.1, -0.05) is 6.08 Å². The van der Waals surface area contributed by atoms with Crippen LogP contribution in [0.5, 0.6) is 0 Å². The average molecular weight is 155 g/mol. The zero-order valence-electron chi connectivity index (χ0n) is 6.03. The van der Waals surface area contributed by atoms with Gasteiger partial charge in [0.25, 0.3) is 0 Å². The van der Waals surface area contributed by atoms with Crippen LogP contribution in [0.4, 0.5) is 4.79 Å². The van der Waals surface area contributed by atoms with Gasteiger partial charge in [-0.3, -0.25) is 4.90 Å². The molecule has 11 heavy (non-hydrogen) atoms. The van der Waals surface area contributed by atoms with E-state index in [4.69, 9.17) is 0 Å².